The van der Waals surface area contributed by atoms with E-state index in [1.807, 2.05) is 0 Å². The minimum absolute atomic E-state index is 0.120. The Kier molecular flexibility index (Phi) is 7.03. The van der Waals surface area contributed by atoms with Crippen LogP contribution in [-0.2, 0) is 4.79 Å². The van der Waals surface area contributed by atoms with Crippen LogP contribution < -0.4 is 14.2 Å². The largest absolute Gasteiger partial charge is 0.497 e. The standard InChI is InChI=1S/C21H21BrClNO5/c1-27-16-9-14(10-17(12-16)28-2)20(25)24-7-5-13(6-8-24)21(26)29-19-4-3-15(22)11-18(19)23/h3-4,9-13H,5-8H2,1-2H3. The number of nitrogens with zero attached hydrogens (tertiary/aromatic N) is 1. The van der Waals surface area contributed by atoms with E-state index in [0.717, 1.165) is 4.47 Å². The van der Waals surface area contributed by atoms with E-state index in [4.69, 9.17) is 25.8 Å². The maximum atomic E-state index is 12.9. The summed E-state index contributed by atoms with van der Waals surface area (Å²) in [6.45, 7) is 0.929. The molecule has 3 rings (SSSR count). The summed E-state index contributed by atoms with van der Waals surface area (Å²) in [5.41, 5.74) is 0.490. The molecule has 0 aromatic heterocycles. The molecule has 2 aromatic rings. The van der Waals surface area contributed by atoms with Gasteiger partial charge in [-0.1, -0.05) is 27.5 Å². The molecule has 6 nitrogen and oxygen atoms in total. The average molecular weight is 483 g/mol. The molecule has 1 aliphatic rings. The van der Waals surface area contributed by atoms with Crippen molar-refractivity contribution in [2.24, 2.45) is 5.92 Å². The van der Waals surface area contributed by atoms with Gasteiger partial charge in [-0.3, -0.25) is 9.59 Å². The van der Waals surface area contributed by atoms with Gasteiger partial charge in [-0.05, 0) is 43.2 Å². The number of methoxy groups -OCH3 is 2. The average Bonchev–Trinajstić information content (AvgIpc) is 2.74. The number of amides is 1. The highest BCUT2D eigenvalue weighted by Crippen LogP contribution is 2.30. The second-order valence-corrected chi connectivity index (χ2v) is 7.99. The summed E-state index contributed by atoms with van der Waals surface area (Å²) in [7, 11) is 3.08. The van der Waals surface area contributed by atoms with Gasteiger partial charge in [0.25, 0.3) is 5.91 Å². The maximum absolute atomic E-state index is 12.9. The van der Waals surface area contributed by atoms with E-state index in [1.54, 1.807) is 41.3 Å². The fraction of sp³-hybridized carbons (Fsp3) is 0.333. The van der Waals surface area contributed by atoms with Gasteiger partial charge in [0.2, 0.25) is 0 Å². The van der Waals surface area contributed by atoms with Crippen molar-refractivity contribution in [1.82, 2.24) is 4.90 Å². The van der Waals surface area contributed by atoms with Gasteiger partial charge in [0.1, 0.15) is 17.2 Å². The molecule has 1 saturated heterocycles. The van der Waals surface area contributed by atoms with Gasteiger partial charge in [0, 0.05) is 29.2 Å². The lowest BCUT2D eigenvalue weighted by molar-refractivity contribution is -0.140. The van der Waals surface area contributed by atoms with Crippen LogP contribution in [0.5, 0.6) is 17.2 Å². The highest BCUT2D eigenvalue weighted by molar-refractivity contribution is 9.10. The Bertz CT molecular complexity index is 890. The summed E-state index contributed by atoms with van der Waals surface area (Å²) in [5.74, 6) is 0.713. The predicted octanol–water partition coefficient (Wildman–Crippen LogP) is 4.58. The van der Waals surface area contributed by atoms with Crippen LogP contribution in [0.3, 0.4) is 0 Å². The summed E-state index contributed by atoms with van der Waals surface area (Å²) in [4.78, 5) is 27.1. The van der Waals surface area contributed by atoms with Crippen LogP contribution in [0.1, 0.15) is 23.2 Å². The molecule has 2 aromatic carbocycles. The van der Waals surface area contributed by atoms with Gasteiger partial charge in [0.15, 0.2) is 0 Å². The van der Waals surface area contributed by atoms with Crippen molar-refractivity contribution in [3.63, 3.8) is 0 Å². The number of halogens is 2. The molecule has 0 bridgehead atoms. The zero-order chi connectivity index (χ0) is 21.0. The third-order valence-corrected chi connectivity index (χ3v) is 5.61. The fourth-order valence-corrected chi connectivity index (χ4v) is 3.89. The number of ether oxygens (including phenoxy) is 3. The Morgan fingerprint density at radius 3 is 2.21 bits per heavy atom. The smallest absolute Gasteiger partial charge is 0.314 e. The van der Waals surface area contributed by atoms with Crippen molar-refractivity contribution < 1.29 is 23.8 Å². The van der Waals surface area contributed by atoms with E-state index in [0.29, 0.717) is 53.8 Å². The number of likely N-dealkylation sites (tertiary alicyclic amines) is 1. The second-order valence-electron chi connectivity index (χ2n) is 6.66. The van der Waals surface area contributed by atoms with E-state index in [1.165, 1.54) is 14.2 Å². The molecule has 29 heavy (non-hydrogen) atoms. The number of rotatable bonds is 5. The lowest BCUT2D eigenvalue weighted by Crippen LogP contribution is -2.41. The monoisotopic (exact) mass is 481 g/mol. The molecule has 0 unspecified atom stereocenters. The lowest BCUT2D eigenvalue weighted by atomic mass is 9.96. The minimum Gasteiger partial charge on any atom is -0.497 e. The summed E-state index contributed by atoms with van der Waals surface area (Å²) in [6.07, 6.45) is 1.06. The Hall–Kier alpha value is -2.25. The molecule has 0 saturated carbocycles. The van der Waals surface area contributed by atoms with Gasteiger partial charge < -0.3 is 19.1 Å². The number of hydrogen-bond donors (Lipinski definition) is 0. The van der Waals surface area contributed by atoms with Gasteiger partial charge in [0.05, 0.1) is 25.2 Å². The molecule has 1 heterocycles. The first kappa shape index (κ1) is 21.5. The first-order valence-corrected chi connectivity index (χ1v) is 10.3. The first-order valence-electron chi connectivity index (χ1n) is 9.10. The normalized spacial score (nSPS) is 14.4. The molecule has 0 aliphatic carbocycles. The summed E-state index contributed by atoms with van der Waals surface area (Å²) in [5, 5.41) is 0.368. The van der Waals surface area contributed by atoms with E-state index in [2.05, 4.69) is 15.9 Å². The number of carbonyl (C=O) groups is 2. The van der Waals surface area contributed by atoms with Crippen molar-refractivity contribution in [2.45, 2.75) is 12.8 Å². The lowest BCUT2D eigenvalue weighted by Gasteiger charge is -2.31. The van der Waals surface area contributed by atoms with Crippen molar-refractivity contribution in [2.75, 3.05) is 27.3 Å². The van der Waals surface area contributed by atoms with Crippen LogP contribution >= 0.6 is 27.5 Å². The minimum atomic E-state index is -0.329. The number of carbonyl (C=O) groups excluding carboxylic acids is 2. The molecule has 1 aliphatic heterocycles. The van der Waals surface area contributed by atoms with Crippen LogP contribution in [0, 0.1) is 5.92 Å². The Labute approximate surface area is 182 Å². The number of piperidine rings is 1. The first-order chi connectivity index (χ1) is 13.9. The van der Waals surface area contributed by atoms with E-state index >= 15 is 0 Å². The highest BCUT2D eigenvalue weighted by atomic mass is 79.9. The molecule has 154 valence electrons. The molecule has 1 amide bonds. The Morgan fingerprint density at radius 1 is 1.03 bits per heavy atom. The van der Waals surface area contributed by atoms with E-state index < -0.39 is 0 Å². The quantitative estimate of drug-likeness (QED) is 0.461. The van der Waals surface area contributed by atoms with Crippen LogP contribution in [0.25, 0.3) is 0 Å². The zero-order valence-corrected chi connectivity index (χ0v) is 18.5. The molecule has 0 spiro atoms. The zero-order valence-electron chi connectivity index (χ0n) is 16.1. The Morgan fingerprint density at radius 2 is 1.66 bits per heavy atom. The topological polar surface area (TPSA) is 65.1 Å². The maximum Gasteiger partial charge on any atom is 0.314 e. The SMILES string of the molecule is COc1cc(OC)cc(C(=O)N2CCC(C(=O)Oc3ccc(Br)cc3Cl)CC2)c1. The summed E-state index contributed by atoms with van der Waals surface area (Å²) in [6, 6.07) is 10.2. The van der Waals surface area contributed by atoms with Gasteiger partial charge in [-0.25, -0.2) is 0 Å². The summed E-state index contributed by atoms with van der Waals surface area (Å²) < 4.78 is 16.7. The molecule has 0 radical (unpaired) electrons. The molecular weight excluding hydrogens is 462 g/mol. The van der Waals surface area contributed by atoms with Gasteiger partial charge in [-0.2, -0.15) is 0 Å². The Balaban J connectivity index is 1.61. The summed E-state index contributed by atoms with van der Waals surface area (Å²) >= 11 is 9.43. The molecule has 1 fully saturated rings. The van der Waals surface area contributed by atoms with Crippen LogP contribution in [-0.4, -0.2) is 44.1 Å². The number of benzene rings is 2. The molecule has 8 heteroatoms. The van der Waals surface area contributed by atoms with Gasteiger partial charge >= 0.3 is 5.97 Å². The molecular formula is C21H21BrClNO5. The fourth-order valence-electron chi connectivity index (χ4n) is 3.18. The van der Waals surface area contributed by atoms with Crippen molar-refractivity contribution in [1.29, 1.82) is 0 Å². The van der Waals surface area contributed by atoms with Crippen LogP contribution in [0.15, 0.2) is 40.9 Å². The van der Waals surface area contributed by atoms with Crippen molar-refractivity contribution in [3.05, 3.63) is 51.5 Å². The van der Waals surface area contributed by atoms with Crippen LogP contribution in [0.4, 0.5) is 0 Å². The third kappa shape index (κ3) is 5.22. The van der Waals surface area contributed by atoms with Crippen molar-refractivity contribution >= 4 is 39.4 Å². The predicted molar refractivity (Wildman–Crippen MR) is 113 cm³/mol. The van der Waals surface area contributed by atoms with E-state index in [-0.39, 0.29) is 17.8 Å². The van der Waals surface area contributed by atoms with Crippen LogP contribution in [0.2, 0.25) is 5.02 Å². The molecule has 0 N–H and O–H groups in total. The highest BCUT2D eigenvalue weighted by Gasteiger charge is 2.29. The number of hydrogen-bond acceptors (Lipinski definition) is 5. The molecule has 0 atom stereocenters. The van der Waals surface area contributed by atoms with E-state index in [9.17, 15) is 9.59 Å². The number of esters is 1. The second kappa shape index (κ2) is 9.50. The van der Waals surface area contributed by atoms with Crippen molar-refractivity contribution in [3.8, 4) is 17.2 Å². The third-order valence-electron chi connectivity index (χ3n) is 4.82. The van der Waals surface area contributed by atoms with Gasteiger partial charge in [-0.15, -0.1) is 0 Å².